The molecule has 0 spiro atoms. The van der Waals surface area contributed by atoms with E-state index in [0.29, 0.717) is 23.7 Å². The average molecular weight is 269 g/mol. The van der Waals surface area contributed by atoms with Crippen LogP contribution in [0.15, 0.2) is 0 Å². The number of rotatable bonds is 2. The number of hydrogen-bond donors (Lipinski definition) is 0. The molecule has 1 fully saturated rings. The summed E-state index contributed by atoms with van der Waals surface area (Å²) >= 11 is 1.10. The molecule has 18 heavy (non-hydrogen) atoms. The summed E-state index contributed by atoms with van der Waals surface area (Å²) in [5, 5.41) is 3.83. The molecule has 0 aliphatic carbocycles. The van der Waals surface area contributed by atoms with E-state index < -0.39 is 0 Å². The number of methoxy groups -OCH3 is 1. The van der Waals surface area contributed by atoms with Crippen LogP contribution in [0.5, 0.6) is 0 Å². The third-order valence-corrected chi connectivity index (χ3v) is 3.90. The van der Waals surface area contributed by atoms with E-state index in [4.69, 9.17) is 4.74 Å². The van der Waals surface area contributed by atoms with Crippen molar-refractivity contribution in [3.05, 3.63) is 10.6 Å². The van der Waals surface area contributed by atoms with E-state index in [1.807, 2.05) is 0 Å². The first-order valence-corrected chi connectivity index (χ1v) is 6.57. The van der Waals surface area contributed by atoms with Gasteiger partial charge in [-0.05, 0) is 31.3 Å². The molecule has 6 nitrogen and oxygen atoms in total. The first-order valence-electron chi connectivity index (χ1n) is 5.79. The summed E-state index contributed by atoms with van der Waals surface area (Å²) in [5.41, 5.74) is 0.644. The van der Waals surface area contributed by atoms with Gasteiger partial charge in [-0.2, -0.15) is 0 Å². The zero-order chi connectivity index (χ0) is 13.1. The van der Waals surface area contributed by atoms with Crippen molar-refractivity contribution in [2.75, 3.05) is 20.2 Å². The number of aryl methyl sites for hydroxylation is 1. The summed E-state index contributed by atoms with van der Waals surface area (Å²) in [6.45, 7) is 2.85. The maximum atomic E-state index is 12.2. The predicted octanol–water partition coefficient (Wildman–Crippen LogP) is 0.872. The van der Waals surface area contributed by atoms with Gasteiger partial charge in [-0.3, -0.25) is 9.59 Å². The van der Waals surface area contributed by atoms with E-state index in [1.54, 1.807) is 11.8 Å². The minimum atomic E-state index is -0.244. The molecule has 2 heterocycles. The highest BCUT2D eigenvalue weighted by Crippen LogP contribution is 2.21. The highest BCUT2D eigenvalue weighted by Gasteiger charge is 2.30. The summed E-state index contributed by atoms with van der Waals surface area (Å²) in [4.78, 5) is 26.0. The van der Waals surface area contributed by atoms with Crippen LogP contribution in [0.25, 0.3) is 0 Å². The van der Waals surface area contributed by atoms with Gasteiger partial charge >= 0.3 is 5.97 Å². The van der Waals surface area contributed by atoms with Crippen molar-refractivity contribution in [2.24, 2.45) is 5.92 Å². The molecule has 1 amide bonds. The molecule has 1 aromatic heterocycles. The second-order valence-electron chi connectivity index (χ2n) is 4.30. The van der Waals surface area contributed by atoms with E-state index in [-0.39, 0.29) is 17.8 Å². The van der Waals surface area contributed by atoms with Crippen LogP contribution < -0.4 is 0 Å². The number of nitrogens with zero attached hydrogens (tertiary/aromatic N) is 3. The molecule has 0 aromatic carbocycles. The number of carbonyl (C=O) groups excluding carboxylic acids is 2. The molecule has 0 N–H and O–H groups in total. The topological polar surface area (TPSA) is 72.4 Å². The standard InChI is InChI=1S/C11H15N3O3S/c1-7-9(18-13-12-7)10(15)14-5-3-4-8(6-14)11(16)17-2/h8H,3-6H2,1-2H3. The quantitative estimate of drug-likeness (QED) is 0.745. The van der Waals surface area contributed by atoms with Crippen LogP contribution in [0, 0.1) is 12.8 Å². The summed E-state index contributed by atoms with van der Waals surface area (Å²) in [7, 11) is 1.38. The Kier molecular flexibility index (Phi) is 3.90. The van der Waals surface area contributed by atoms with E-state index in [0.717, 1.165) is 24.4 Å². The molecular formula is C11H15N3O3S. The van der Waals surface area contributed by atoms with E-state index in [1.165, 1.54) is 7.11 Å². The molecule has 1 unspecified atom stereocenters. The fourth-order valence-corrected chi connectivity index (χ4v) is 2.72. The average Bonchev–Trinajstić information content (AvgIpc) is 2.83. The van der Waals surface area contributed by atoms with Gasteiger partial charge in [0.25, 0.3) is 5.91 Å². The summed E-state index contributed by atoms with van der Waals surface area (Å²) in [5.74, 6) is -0.545. The fraction of sp³-hybridized carbons (Fsp3) is 0.636. The van der Waals surface area contributed by atoms with Crippen LogP contribution in [-0.2, 0) is 9.53 Å². The maximum absolute atomic E-state index is 12.2. The van der Waals surface area contributed by atoms with Gasteiger partial charge in [-0.1, -0.05) is 4.49 Å². The molecule has 1 aliphatic rings. The van der Waals surface area contributed by atoms with E-state index in [9.17, 15) is 9.59 Å². The third kappa shape index (κ3) is 2.50. The lowest BCUT2D eigenvalue weighted by Crippen LogP contribution is -2.42. The minimum Gasteiger partial charge on any atom is -0.469 e. The number of likely N-dealkylation sites (tertiary alicyclic amines) is 1. The molecule has 7 heteroatoms. The number of hydrogen-bond acceptors (Lipinski definition) is 6. The zero-order valence-corrected chi connectivity index (χ0v) is 11.2. The van der Waals surface area contributed by atoms with Gasteiger partial charge in [0, 0.05) is 13.1 Å². The van der Waals surface area contributed by atoms with Crippen molar-refractivity contribution in [3.8, 4) is 0 Å². The van der Waals surface area contributed by atoms with Crippen molar-refractivity contribution in [1.29, 1.82) is 0 Å². The first-order chi connectivity index (χ1) is 8.63. The Labute approximate surface area is 109 Å². The Balaban J connectivity index is 2.07. The Morgan fingerprint density at radius 1 is 1.50 bits per heavy atom. The predicted molar refractivity (Wildman–Crippen MR) is 65.3 cm³/mol. The largest absolute Gasteiger partial charge is 0.469 e. The normalized spacial score (nSPS) is 19.7. The second kappa shape index (κ2) is 5.43. The van der Waals surface area contributed by atoms with Gasteiger partial charge < -0.3 is 9.64 Å². The molecule has 1 aliphatic heterocycles. The maximum Gasteiger partial charge on any atom is 0.310 e. The lowest BCUT2D eigenvalue weighted by Gasteiger charge is -2.30. The van der Waals surface area contributed by atoms with Crippen molar-refractivity contribution < 1.29 is 14.3 Å². The highest BCUT2D eigenvalue weighted by atomic mass is 32.1. The molecule has 1 atom stereocenters. The van der Waals surface area contributed by atoms with Crippen molar-refractivity contribution in [3.63, 3.8) is 0 Å². The molecular weight excluding hydrogens is 254 g/mol. The van der Waals surface area contributed by atoms with Crippen molar-refractivity contribution >= 4 is 23.4 Å². The molecule has 0 radical (unpaired) electrons. The van der Waals surface area contributed by atoms with Crippen molar-refractivity contribution in [1.82, 2.24) is 14.5 Å². The van der Waals surface area contributed by atoms with Crippen LogP contribution in [0.4, 0.5) is 0 Å². The molecule has 0 bridgehead atoms. The Bertz CT molecular complexity index is 460. The van der Waals surface area contributed by atoms with Gasteiger partial charge in [0.1, 0.15) is 4.88 Å². The third-order valence-electron chi connectivity index (χ3n) is 3.09. The van der Waals surface area contributed by atoms with Gasteiger partial charge in [0.15, 0.2) is 0 Å². The fourth-order valence-electron chi connectivity index (χ4n) is 2.09. The lowest BCUT2D eigenvalue weighted by molar-refractivity contribution is -0.146. The molecule has 0 saturated carbocycles. The Hall–Kier alpha value is -1.50. The van der Waals surface area contributed by atoms with Crippen LogP contribution in [0.1, 0.15) is 28.2 Å². The van der Waals surface area contributed by atoms with Gasteiger partial charge in [0.05, 0.1) is 18.7 Å². The van der Waals surface area contributed by atoms with Crippen LogP contribution in [0.2, 0.25) is 0 Å². The number of piperidine rings is 1. The molecule has 1 saturated heterocycles. The second-order valence-corrected chi connectivity index (χ2v) is 5.06. The smallest absolute Gasteiger partial charge is 0.310 e. The lowest BCUT2D eigenvalue weighted by atomic mass is 9.98. The number of amides is 1. The number of carbonyl (C=O) groups is 2. The highest BCUT2D eigenvalue weighted by molar-refractivity contribution is 7.07. The SMILES string of the molecule is COC(=O)C1CCCN(C(=O)c2snnc2C)C1. The minimum absolute atomic E-state index is 0.0869. The van der Waals surface area contributed by atoms with E-state index >= 15 is 0 Å². The monoisotopic (exact) mass is 269 g/mol. The number of ether oxygens (including phenoxy) is 1. The van der Waals surface area contributed by atoms with E-state index in [2.05, 4.69) is 9.59 Å². The van der Waals surface area contributed by atoms with Gasteiger partial charge in [-0.15, -0.1) is 5.10 Å². The summed E-state index contributed by atoms with van der Waals surface area (Å²) in [6, 6.07) is 0. The molecule has 2 rings (SSSR count). The number of esters is 1. The molecule has 98 valence electrons. The molecule has 1 aromatic rings. The van der Waals surface area contributed by atoms with Gasteiger partial charge in [0.2, 0.25) is 0 Å². The summed E-state index contributed by atoms with van der Waals surface area (Å²) < 4.78 is 8.49. The Morgan fingerprint density at radius 2 is 2.28 bits per heavy atom. The number of aromatic nitrogens is 2. The Morgan fingerprint density at radius 3 is 2.89 bits per heavy atom. The first kappa shape index (κ1) is 12.9. The van der Waals surface area contributed by atoms with Crippen LogP contribution in [-0.4, -0.2) is 46.6 Å². The van der Waals surface area contributed by atoms with Crippen molar-refractivity contribution in [2.45, 2.75) is 19.8 Å². The van der Waals surface area contributed by atoms with Crippen LogP contribution >= 0.6 is 11.5 Å². The van der Waals surface area contributed by atoms with Crippen LogP contribution in [0.3, 0.4) is 0 Å². The van der Waals surface area contributed by atoms with Gasteiger partial charge in [-0.25, -0.2) is 0 Å². The zero-order valence-electron chi connectivity index (χ0n) is 10.4. The summed E-state index contributed by atoms with van der Waals surface area (Å²) in [6.07, 6.45) is 1.59.